The Hall–Kier alpha value is -4.16. The van der Waals surface area contributed by atoms with Crippen LogP contribution in [0.15, 0.2) is 49.2 Å². The van der Waals surface area contributed by atoms with E-state index in [1.54, 1.807) is 0 Å². The third-order valence-electron chi connectivity index (χ3n) is 5.58. The molecule has 0 radical (unpaired) electrons. The summed E-state index contributed by atoms with van der Waals surface area (Å²) >= 11 is 0. The second-order valence-electron chi connectivity index (χ2n) is 8.23. The Balaban J connectivity index is 1.45. The van der Waals surface area contributed by atoms with Gasteiger partial charge in [-0.05, 0) is 31.9 Å². The SMILES string of the molecule is CC(NC(=O)C1(NC(=O)c2cncnc2)CC1)c1ncc(Nc2c(F)cccc2C(F)(F)F)cc1F. The molecule has 3 N–H and O–H groups in total. The van der Waals surface area contributed by atoms with Gasteiger partial charge in [0.1, 0.15) is 23.5 Å². The molecular weight excluding hydrogens is 487 g/mol. The minimum absolute atomic E-state index is 0.170. The summed E-state index contributed by atoms with van der Waals surface area (Å²) in [6, 6.07) is 2.35. The quantitative estimate of drug-likeness (QED) is 0.418. The summed E-state index contributed by atoms with van der Waals surface area (Å²) in [4.78, 5) is 36.6. The zero-order valence-corrected chi connectivity index (χ0v) is 18.7. The van der Waals surface area contributed by atoms with Gasteiger partial charge in [0.15, 0.2) is 0 Å². The number of para-hydroxylation sites is 1. The number of hydrogen-bond acceptors (Lipinski definition) is 6. The van der Waals surface area contributed by atoms with E-state index < -0.39 is 52.5 Å². The lowest BCUT2D eigenvalue weighted by Crippen LogP contribution is -2.49. The van der Waals surface area contributed by atoms with Gasteiger partial charge in [-0.2, -0.15) is 13.2 Å². The molecule has 1 saturated carbocycles. The fourth-order valence-corrected chi connectivity index (χ4v) is 3.51. The van der Waals surface area contributed by atoms with Gasteiger partial charge in [0.2, 0.25) is 5.91 Å². The van der Waals surface area contributed by atoms with Crippen molar-refractivity contribution in [2.45, 2.75) is 37.5 Å². The molecule has 2 amide bonds. The van der Waals surface area contributed by atoms with Crippen LogP contribution >= 0.6 is 0 Å². The zero-order valence-electron chi connectivity index (χ0n) is 18.7. The number of carbonyl (C=O) groups is 2. The number of amides is 2. The molecule has 1 aliphatic carbocycles. The van der Waals surface area contributed by atoms with Crippen LogP contribution in [0.4, 0.5) is 33.3 Å². The maximum Gasteiger partial charge on any atom is 0.418 e. The number of aromatic nitrogens is 3. The molecule has 1 unspecified atom stereocenters. The predicted octanol–water partition coefficient (Wildman–Crippen LogP) is 4.05. The fourth-order valence-electron chi connectivity index (χ4n) is 3.51. The Morgan fingerprint density at radius 1 is 1.06 bits per heavy atom. The highest BCUT2D eigenvalue weighted by Gasteiger charge is 2.51. The molecule has 3 aromatic rings. The highest BCUT2D eigenvalue weighted by atomic mass is 19.4. The van der Waals surface area contributed by atoms with Crippen LogP contribution in [0.25, 0.3) is 0 Å². The number of rotatable bonds is 7. The van der Waals surface area contributed by atoms with Crippen LogP contribution in [-0.2, 0) is 11.0 Å². The first-order valence-corrected chi connectivity index (χ1v) is 10.7. The van der Waals surface area contributed by atoms with Crippen LogP contribution in [0.3, 0.4) is 0 Å². The summed E-state index contributed by atoms with van der Waals surface area (Å²) in [6.07, 6.45) is 0.780. The van der Waals surface area contributed by atoms with E-state index in [0.717, 1.165) is 24.4 Å². The van der Waals surface area contributed by atoms with Gasteiger partial charge >= 0.3 is 6.18 Å². The highest BCUT2D eigenvalue weighted by Crippen LogP contribution is 2.38. The first kappa shape index (κ1) is 24.9. The van der Waals surface area contributed by atoms with Crippen molar-refractivity contribution in [2.75, 3.05) is 5.32 Å². The van der Waals surface area contributed by atoms with Crippen molar-refractivity contribution in [3.8, 4) is 0 Å². The van der Waals surface area contributed by atoms with Crippen molar-refractivity contribution in [2.24, 2.45) is 0 Å². The average Bonchev–Trinajstić information content (AvgIpc) is 3.61. The van der Waals surface area contributed by atoms with E-state index in [1.807, 2.05) is 0 Å². The van der Waals surface area contributed by atoms with Crippen molar-refractivity contribution in [3.05, 3.63) is 77.6 Å². The van der Waals surface area contributed by atoms with Crippen LogP contribution < -0.4 is 16.0 Å². The van der Waals surface area contributed by atoms with Gasteiger partial charge in [0.05, 0.1) is 40.4 Å². The van der Waals surface area contributed by atoms with E-state index >= 15 is 0 Å². The summed E-state index contributed by atoms with van der Waals surface area (Å²) in [5.74, 6) is -3.20. The zero-order chi connectivity index (χ0) is 26.1. The van der Waals surface area contributed by atoms with E-state index in [0.29, 0.717) is 18.9 Å². The molecule has 2 aromatic heterocycles. The Bertz CT molecular complexity index is 1300. The van der Waals surface area contributed by atoms with Gasteiger partial charge < -0.3 is 16.0 Å². The molecule has 8 nitrogen and oxygen atoms in total. The molecule has 36 heavy (non-hydrogen) atoms. The number of nitrogens with zero attached hydrogens (tertiary/aromatic N) is 3. The van der Waals surface area contributed by atoms with Crippen molar-refractivity contribution in [1.29, 1.82) is 0 Å². The molecule has 2 heterocycles. The molecule has 1 fully saturated rings. The Morgan fingerprint density at radius 3 is 2.36 bits per heavy atom. The Labute approximate surface area is 201 Å². The highest BCUT2D eigenvalue weighted by molar-refractivity contribution is 6.00. The summed E-state index contributed by atoms with van der Waals surface area (Å²) in [5, 5.41) is 7.44. The molecule has 0 aliphatic heterocycles. The molecule has 188 valence electrons. The van der Waals surface area contributed by atoms with Gasteiger partial charge in [-0.25, -0.2) is 18.7 Å². The molecule has 0 bridgehead atoms. The van der Waals surface area contributed by atoms with Crippen LogP contribution in [-0.4, -0.2) is 32.3 Å². The maximum absolute atomic E-state index is 14.8. The Kier molecular flexibility index (Phi) is 6.57. The summed E-state index contributed by atoms with van der Waals surface area (Å²) < 4.78 is 68.5. The van der Waals surface area contributed by atoms with E-state index in [1.165, 1.54) is 25.6 Å². The second kappa shape index (κ2) is 9.47. The van der Waals surface area contributed by atoms with Gasteiger partial charge in [0, 0.05) is 18.5 Å². The molecule has 4 rings (SSSR count). The number of halogens is 5. The van der Waals surface area contributed by atoms with Crippen LogP contribution in [0.5, 0.6) is 0 Å². The van der Waals surface area contributed by atoms with Crippen molar-refractivity contribution in [3.63, 3.8) is 0 Å². The molecule has 1 aliphatic rings. The lowest BCUT2D eigenvalue weighted by Gasteiger charge is -2.21. The molecule has 13 heteroatoms. The van der Waals surface area contributed by atoms with Gasteiger partial charge in [0.25, 0.3) is 5.91 Å². The third-order valence-corrected chi connectivity index (χ3v) is 5.58. The number of pyridine rings is 1. The lowest BCUT2D eigenvalue weighted by molar-refractivity contribution is -0.137. The predicted molar refractivity (Wildman–Crippen MR) is 117 cm³/mol. The topological polar surface area (TPSA) is 109 Å². The standard InChI is InChI=1S/C23H19F5N6O2/c1-12(32-21(36)22(5-6-22)34-20(35)13-8-29-11-30-9-13)18-17(25)7-14(10-31-18)33-19-15(23(26,27)28)3-2-4-16(19)24/h2-4,7-12,33H,5-6H2,1H3,(H,32,36)(H,34,35). The lowest BCUT2D eigenvalue weighted by atomic mass is 10.1. The number of nitrogens with one attached hydrogen (secondary N) is 3. The van der Waals surface area contributed by atoms with E-state index in [2.05, 4.69) is 30.9 Å². The molecule has 0 saturated heterocycles. The number of alkyl halides is 3. The van der Waals surface area contributed by atoms with Crippen molar-refractivity contribution >= 4 is 23.2 Å². The summed E-state index contributed by atoms with van der Waals surface area (Å²) in [7, 11) is 0. The monoisotopic (exact) mass is 506 g/mol. The first-order chi connectivity index (χ1) is 17.0. The molecular formula is C23H19F5N6O2. The van der Waals surface area contributed by atoms with Gasteiger partial charge in [-0.15, -0.1) is 0 Å². The molecule has 1 atom stereocenters. The largest absolute Gasteiger partial charge is 0.418 e. The van der Waals surface area contributed by atoms with Crippen LogP contribution in [0.2, 0.25) is 0 Å². The van der Waals surface area contributed by atoms with Crippen molar-refractivity contribution in [1.82, 2.24) is 25.6 Å². The first-order valence-electron chi connectivity index (χ1n) is 10.7. The fraction of sp³-hybridized carbons (Fsp3) is 0.261. The average molecular weight is 506 g/mol. The number of carbonyl (C=O) groups excluding carboxylic acids is 2. The molecule has 1 aromatic carbocycles. The summed E-state index contributed by atoms with van der Waals surface area (Å²) in [6.45, 7) is 1.46. The van der Waals surface area contributed by atoms with E-state index in [4.69, 9.17) is 0 Å². The van der Waals surface area contributed by atoms with Gasteiger partial charge in [-0.3, -0.25) is 14.6 Å². The number of benzene rings is 1. The van der Waals surface area contributed by atoms with Crippen LogP contribution in [0, 0.1) is 11.6 Å². The number of anilines is 2. The van der Waals surface area contributed by atoms with Gasteiger partial charge in [-0.1, -0.05) is 6.07 Å². The second-order valence-corrected chi connectivity index (χ2v) is 8.23. The number of hydrogen-bond donors (Lipinski definition) is 3. The van der Waals surface area contributed by atoms with E-state index in [9.17, 15) is 31.5 Å². The minimum atomic E-state index is -4.84. The minimum Gasteiger partial charge on any atom is -0.351 e. The van der Waals surface area contributed by atoms with E-state index in [-0.39, 0.29) is 16.9 Å². The summed E-state index contributed by atoms with van der Waals surface area (Å²) in [5.41, 5.74) is -3.54. The Morgan fingerprint density at radius 2 is 1.75 bits per heavy atom. The smallest absolute Gasteiger partial charge is 0.351 e. The normalized spacial score (nSPS) is 15.1. The third kappa shape index (κ3) is 5.24. The maximum atomic E-state index is 14.8. The molecule has 0 spiro atoms. The van der Waals surface area contributed by atoms with Crippen molar-refractivity contribution < 1.29 is 31.5 Å². The van der Waals surface area contributed by atoms with Crippen LogP contribution in [0.1, 0.15) is 47.4 Å².